The van der Waals surface area contributed by atoms with Gasteiger partial charge in [-0.1, -0.05) is 12.1 Å². The lowest BCUT2D eigenvalue weighted by Gasteiger charge is -2.15. The third-order valence-corrected chi connectivity index (χ3v) is 4.83. The number of aryl methyl sites for hydroxylation is 1. The number of Topliss-reactive ketones (excluding diaryl/α,β-unsaturated/α-hetero) is 2. The molecule has 0 saturated heterocycles. The number of aromatic nitrogens is 1. The summed E-state index contributed by atoms with van der Waals surface area (Å²) in [4.78, 5) is 49.8. The molecular formula is C21H22N2O5. The van der Waals surface area contributed by atoms with Crippen molar-refractivity contribution in [3.8, 4) is 0 Å². The maximum Gasteiger partial charge on any atom is 0.326 e. The smallest absolute Gasteiger partial charge is 0.326 e. The van der Waals surface area contributed by atoms with Crippen molar-refractivity contribution in [2.24, 2.45) is 0 Å². The van der Waals surface area contributed by atoms with E-state index in [4.69, 9.17) is 4.74 Å². The summed E-state index contributed by atoms with van der Waals surface area (Å²) < 4.78 is 7.12. The van der Waals surface area contributed by atoms with Gasteiger partial charge in [-0.25, -0.2) is 0 Å². The summed E-state index contributed by atoms with van der Waals surface area (Å²) in [7, 11) is 0. The lowest BCUT2D eigenvalue weighted by atomic mass is 10.1. The van der Waals surface area contributed by atoms with E-state index in [9.17, 15) is 19.2 Å². The van der Waals surface area contributed by atoms with Crippen molar-refractivity contribution in [2.75, 3.05) is 18.1 Å². The topological polar surface area (TPSA) is 85.7 Å². The van der Waals surface area contributed by atoms with E-state index in [1.807, 2.05) is 32.3 Å². The van der Waals surface area contributed by atoms with E-state index in [1.165, 1.54) is 6.07 Å². The van der Waals surface area contributed by atoms with E-state index < -0.39 is 30.8 Å². The molecule has 146 valence electrons. The van der Waals surface area contributed by atoms with Crippen molar-refractivity contribution in [1.82, 2.24) is 4.57 Å². The molecule has 0 N–H and O–H groups in total. The Labute approximate surface area is 162 Å². The molecule has 0 fully saturated rings. The monoisotopic (exact) mass is 382 g/mol. The Morgan fingerprint density at radius 2 is 1.79 bits per heavy atom. The van der Waals surface area contributed by atoms with Crippen LogP contribution in [0.5, 0.6) is 0 Å². The minimum absolute atomic E-state index is 0.211. The van der Waals surface area contributed by atoms with Crippen LogP contribution in [0.2, 0.25) is 0 Å². The predicted octanol–water partition coefficient (Wildman–Crippen LogP) is 2.64. The highest BCUT2D eigenvalue weighted by atomic mass is 16.5. The van der Waals surface area contributed by atoms with Gasteiger partial charge in [0.05, 0.1) is 11.3 Å². The predicted molar refractivity (Wildman–Crippen MR) is 103 cm³/mol. The molecule has 0 unspecified atom stereocenters. The summed E-state index contributed by atoms with van der Waals surface area (Å²) in [6, 6.07) is 8.45. The number of para-hydroxylation sites is 1. The Kier molecular flexibility index (Phi) is 5.18. The van der Waals surface area contributed by atoms with Gasteiger partial charge in [-0.2, -0.15) is 0 Å². The highest BCUT2D eigenvalue weighted by molar-refractivity contribution is 6.52. The lowest BCUT2D eigenvalue weighted by Crippen LogP contribution is -2.36. The largest absolute Gasteiger partial charge is 0.456 e. The fraction of sp³-hybridized carbons (Fsp3) is 0.333. The lowest BCUT2D eigenvalue weighted by molar-refractivity contribution is -0.141. The summed E-state index contributed by atoms with van der Waals surface area (Å²) in [6.45, 7) is 7.00. The number of rotatable bonds is 6. The van der Waals surface area contributed by atoms with E-state index in [0.29, 0.717) is 11.3 Å². The Balaban J connectivity index is 1.66. The fourth-order valence-electron chi connectivity index (χ4n) is 3.66. The second kappa shape index (κ2) is 7.42. The Bertz CT molecular complexity index is 987. The molecule has 1 aliphatic heterocycles. The van der Waals surface area contributed by atoms with E-state index in [2.05, 4.69) is 0 Å². The van der Waals surface area contributed by atoms with Gasteiger partial charge >= 0.3 is 5.97 Å². The van der Waals surface area contributed by atoms with Crippen molar-refractivity contribution < 1.29 is 23.9 Å². The van der Waals surface area contributed by atoms with Crippen LogP contribution in [0.3, 0.4) is 0 Å². The van der Waals surface area contributed by atoms with Gasteiger partial charge in [-0.15, -0.1) is 0 Å². The zero-order valence-electron chi connectivity index (χ0n) is 16.3. The van der Waals surface area contributed by atoms with Crippen molar-refractivity contribution in [3.05, 3.63) is 52.8 Å². The number of esters is 1. The molecule has 0 spiro atoms. The van der Waals surface area contributed by atoms with Gasteiger partial charge in [0.15, 0.2) is 6.61 Å². The van der Waals surface area contributed by atoms with Gasteiger partial charge in [0.1, 0.15) is 6.54 Å². The minimum atomic E-state index is -0.773. The number of hydrogen-bond acceptors (Lipinski definition) is 5. The van der Waals surface area contributed by atoms with E-state index in [1.54, 1.807) is 24.3 Å². The highest BCUT2D eigenvalue weighted by Gasteiger charge is 2.36. The van der Waals surface area contributed by atoms with Crippen LogP contribution in [0.25, 0.3) is 0 Å². The van der Waals surface area contributed by atoms with Crippen molar-refractivity contribution in [2.45, 2.75) is 33.7 Å². The number of benzene rings is 1. The molecule has 28 heavy (non-hydrogen) atoms. The van der Waals surface area contributed by atoms with Crippen LogP contribution < -0.4 is 4.90 Å². The first-order chi connectivity index (χ1) is 13.2. The summed E-state index contributed by atoms with van der Waals surface area (Å²) in [6.07, 6.45) is 0. The number of ether oxygens (including phenoxy) is 1. The second-order valence-electron chi connectivity index (χ2n) is 7.07. The maximum atomic E-state index is 12.5. The number of nitrogens with zero attached hydrogens (tertiary/aromatic N) is 2. The molecular weight excluding hydrogens is 360 g/mol. The quantitative estimate of drug-likeness (QED) is 0.436. The zero-order chi connectivity index (χ0) is 20.6. The van der Waals surface area contributed by atoms with Gasteiger partial charge in [0, 0.05) is 23.0 Å². The molecule has 1 amide bonds. The van der Waals surface area contributed by atoms with E-state index in [-0.39, 0.29) is 17.4 Å². The standard InChI is InChI=1S/C21H22N2O5/c1-12(2)23-13(3)9-16(14(23)4)18(24)11-28-19(25)10-22-17-8-6-5-7-15(17)20(26)21(22)27/h5-9,12H,10-11H2,1-4H3. The number of amides is 1. The summed E-state index contributed by atoms with van der Waals surface area (Å²) >= 11 is 0. The van der Waals surface area contributed by atoms with E-state index >= 15 is 0 Å². The molecule has 0 aliphatic carbocycles. The van der Waals surface area contributed by atoms with Gasteiger partial charge in [-0.3, -0.25) is 24.1 Å². The average molecular weight is 382 g/mol. The molecule has 1 aromatic heterocycles. The molecule has 0 saturated carbocycles. The number of ketones is 2. The normalized spacial score (nSPS) is 13.2. The summed E-state index contributed by atoms with van der Waals surface area (Å²) in [5.41, 5.74) is 2.93. The molecule has 7 heteroatoms. The van der Waals surface area contributed by atoms with Crippen LogP contribution in [-0.4, -0.2) is 41.2 Å². The van der Waals surface area contributed by atoms with Crippen molar-refractivity contribution in [1.29, 1.82) is 0 Å². The molecule has 7 nitrogen and oxygen atoms in total. The van der Waals surface area contributed by atoms with Crippen LogP contribution in [0.1, 0.15) is 52.0 Å². The van der Waals surface area contributed by atoms with Crippen LogP contribution in [0.4, 0.5) is 5.69 Å². The maximum absolute atomic E-state index is 12.5. The first-order valence-electron chi connectivity index (χ1n) is 9.04. The minimum Gasteiger partial charge on any atom is -0.456 e. The summed E-state index contributed by atoms with van der Waals surface area (Å²) in [5.74, 6) is -2.48. The number of hydrogen-bond donors (Lipinski definition) is 0. The average Bonchev–Trinajstić information content (AvgIpc) is 3.08. The molecule has 1 aromatic carbocycles. The van der Waals surface area contributed by atoms with Crippen molar-refractivity contribution >= 4 is 29.1 Å². The van der Waals surface area contributed by atoms with Crippen molar-refractivity contribution in [3.63, 3.8) is 0 Å². The third kappa shape index (κ3) is 3.35. The molecule has 2 heterocycles. The highest BCUT2D eigenvalue weighted by Crippen LogP contribution is 2.28. The molecule has 0 atom stereocenters. The third-order valence-electron chi connectivity index (χ3n) is 4.83. The van der Waals surface area contributed by atoms with Crippen LogP contribution in [-0.2, 0) is 14.3 Å². The molecule has 0 bridgehead atoms. The molecule has 0 radical (unpaired) electrons. The Morgan fingerprint density at radius 3 is 2.43 bits per heavy atom. The molecule has 2 aromatic rings. The molecule has 1 aliphatic rings. The second-order valence-corrected chi connectivity index (χ2v) is 7.07. The van der Waals surface area contributed by atoms with Gasteiger partial charge < -0.3 is 9.30 Å². The first-order valence-corrected chi connectivity index (χ1v) is 9.04. The van der Waals surface area contributed by atoms with E-state index in [0.717, 1.165) is 16.3 Å². The SMILES string of the molecule is Cc1cc(C(=O)COC(=O)CN2C(=O)C(=O)c3ccccc32)c(C)n1C(C)C. The van der Waals surface area contributed by atoms with Gasteiger partial charge in [0.2, 0.25) is 5.78 Å². The number of anilines is 1. The fourth-order valence-corrected chi connectivity index (χ4v) is 3.66. The molecule has 3 rings (SSSR count). The number of carbonyl (C=O) groups is 4. The first kappa shape index (κ1) is 19.5. The number of fused-ring (bicyclic) bond motifs is 1. The van der Waals surface area contributed by atoms with Crippen LogP contribution in [0, 0.1) is 13.8 Å². The zero-order valence-corrected chi connectivity index (χ0v) is 16.3. The van der Waals surface area contributed by atoms with Gasteiger partial charge in [0.25, 0.3) is 11.7 Å². The van der Waals surface area contributed by atoms with Crippen LogP contribution >= 0.6 is 0 Å². The number of carbonyl (C=O) groups excluding carboxylic acids is 4. The van der Waals surface area contributed by atoms with Crippen LogP contribution in [0.15, 0.2) is 30.3 Å². The Morgan fingerprint density at radius 1 is 1.11 bits per heavy atom. The van der Waals surface area contributed by atoms with Gasteiger partial charge in [-0.05, 0) is 45.9 Å². The Hall–Kier alpha value is -3.22. The summed E-state index contributed by atoms with van der Waals surface area (Å²) in [5, 5.41) is 0.